The molecule has 0 aliphatic carbocycles. The number of carbonyl (C=O) groups excluding carboxylic acids is 1. The van der Waals surface area contributed by atoms with Crippen molar-refractivity contribution in [1.29, 1.82) is 0 Å². The van der Waals surface area contributed by atoms with Crippen molar-refractivity contribution in [2.45, 2.75) is 55.4 Å². The minimum atomic E-state index is 0.102. The van der Waals surface area contributed by atoms with Crippen molar-refractivity contribution < 1.29 is 4.79 Å². The summed E-state index contributed by atoms with van der Waals surface area (Å²) >= 11 is 0. The summed E-state index contributed by atoms with van der Waals surface area (Å²) in [7, 11) is 0. The maximum absolute atomic E-state index is 12.3. The zero-order chi connectivity index (χ0) is 13.0. The van der Waals surface area contributed by atoms with Gasteiger partial charge in [-0.25, -0.2) is 0 Å². The molecular weight excluding hydrogens is 196 g/mol. The van der Waals surface area contributed by atoms with Crippen molar-refractivity contribution in [1.82, 2.24) is 0 Å². The van der Waals surface area contributed by atoms with Crippen LogP contribution in [-0.4, -0.2) is 5.78 Å². The minimum Gasteiger partial charge on any atom is -0.294 e. The van der Waals surface area contributed by atoms with Crippen molar-refractivity contribution in [3.8, 4) is 0 Å². The van der Waals surface area contributed by atoms with E-state index in [0.29, 0.717) is 23.5 Å². The molecule has 0 amide bonds. The van der Waals surface area contributed by atoms with Crippen LogP contribution in [0.25, 0.3) is 0 Å². The van der Waals surface area contributed by atoms with Crippen molar-refractivity contribution in [3.63, 3.8) is 0 Å². The van der Waals surface area contributed by atoms with Crippen LogP contribution in [-0.2, 0) is 4.79 Å². The monoisotopic (exact) mass is 224 g/mol. The molecule has 0 unspecified atom stereocenters. The SMILES string of the molecule is CC(C)C(=O)C(=C(C(C)C)C(C)C)C(C)C. The molecule has 0 aromatic carbocycles. The summed E-state index contributed by atoms with van der Waals surface area (Å²) < 4.78 is 0. The fraction of sp³-hybridized carbons (Fsp3) is 0.800. The van der Waals surface area contributed by atoms with E-state index >= 15 is 0 Å². The molecule has 0 aliphatic heterocycles. The Hall–Kier alpha value is -0.590. The number of allylic oxidation sites excluding steroid dienone is 2. The molecule has 0 heterocycles. The summed E-state index contributed by atoms with van der Waals surface area (Å²) in [4.78, 5) is 12.3. The highest BCUT2D eigenvalue weighted by Gasteiger charge is 2.24. The molecule has 16 heavy (non-hydrogen) atoms. The van der Waals surface area contributed by atoms with Gasteiger partial charge in [0.15, 0.2) is 5.78 Å². The maximum Gasteiger partial charge on any atom is 0.161 e. The highest BCUT2D eigenvalue weighted by Crippen LogP contribution is 2.29. The number of hydrogen-bond donors (Lipinski definition) is 0. The first kappa shape index (κ1) is 15.4. The largest absolute Gasteiger partial charge is 0.294 e. The van der Waals surface area contributed by atoms with Crippen LogP contribution in [0.15, 0.2) is 11.1 Å². The molecule has 1 nitrogen and oxygen atoms in total. The van der Waals surface area contributed by atoms with Gasteiger partial charge in [0.25, 0.3) is 0 Å². The molecule has 0 fully saturated rings. The van der Waals surface area contributed by atoms with Gasteiger partial charge >= 0.3 is 0 Å². The van der Waals surface area contributed by atoms with Crippen LogP contribution in [0.1, 0.15) is 55.4 Å². The van der Waals surface area contributed by atoms with Crippen molar-refractivity contribution in [3.05, 3.63) is 11.1 Å². The third-order valence-electron chi connectivity index (χ3n) is 2.92. The standard InChI is InChI=1S/C15H28O/c1-9(2)13(10(3)4)14(11(5)6)15(16)12(7)8/h9-12H,1-8H3. The van der Waals surface area contributed by atoms with E-state index in [2.05, 4.69) is 41.5 Å². The van der Waals surface area contributed by atoms with Gasteiger partial charge in [0.05, 0.1) is 0 Å². The van der Waals surface area contributed by atoms with E-state index in [0.717, 1.165) is 5.57 Å². The fourth-order valence-electron chi connectivity index (χ4n) is 2.36. The molecule has 0 saturated heterocycles. The van der Waals surface area contributed by atoms with Crippen LogP contribution < -0.4 is 0 Å². The van der Waals surface area contributed by atoms with Crippen molar-refractivity contribution in [2.24, 2.45) is 23.7 Å². The molecule has 0 aromatic rings. The second kappa shape index (κ2) is 6.22. The Labute approximate surface area is 101 Å². The molecular formula is C15H28O. The minimum absolute atomic E-state index is 0.102. The highest BCUT2D eigenvalue weighted by molar-refractivity contribution is 5.97. The second-order valence-corrected chi connectivity index (χ2v) is 5.85. The lowest BCUT2D eigenvalue weighted by atomic mass is 9.80. The predicted molar refractivity (Wildman–Crippen MR) is 71.4 cm³/mol. The van der Waals surface area contributed by atoms with E-state index in [1.807, 2.05) is 13.8 Å². The average molecular weight is 224 g/mol. The summed E-state index contributed by atoms with van der Waals surface area (Å²) in [5.41, 5.74) is 2.41. The van der Waals surface area contributed by atoms with Crippen molar-refractivity contribution in [2.75, 3.05) is 0 Å². The number of Topliss-reactive ketones (excluding diaryl/α,β-unsaturated/α-hetero) is 1. The number of ketones is 1. The smallest absolute Gasteiger partial charge is 0.161 e. The van der Waals surface area contributed by atoms with Gasteiger partial charge in [-0.2, -0.15) is 0 Å². The van der Waals surface area contributed by atoms with E-state index in [9.17, 15) is 4.79 Å². The lowest BCUT2D eigenvalue weighted by Crippen LogP contribution is -2.20. The zero-order valence-electron chi connectivity index (χ0n) is 12.2. The van der Waals surface area contributed by atoms with Gasteiger partial charge in [0.2, 0.25) is 0 Å². The van der Waals surface area contributed by atoms with Gasteiger partial charge in [0.1, 0.15) is 0 Å². The summed E-state index contributed by atoms with van der Waals surface area (Å²) in [5.74, 6) is 1.67. The molecule has 94 valence electrons. The molecule has 0 saturated carbocycles. The quantitative estimate of drug-likeness (QED) is 0.629. The number of carbonyl (C=O) groups is 1. The zero-order valence-corrected chi connectivity index (χ0v) is 12.2. The fourth-order valence-corrected chi connectivity index (χ4v) is 2.36. The first-order valence-electron chi connectivity index (χ1n) is 6.48. The van der Waals surface area contributed by atoms with E-state index in [1.54, 1.807) is 0 Å². The number of rotatable bonds is 5. The molecule has 0 N–H and O–H groups in total. The van der Waals surface area contributed by atoms with Gasteiger partial charge in [-0.1, -0.05) is 61.0 Å². The lowest BCUT2D eigenvalue weighted by Gasteiger charge is -2.24. The van der Waals surface area contributed by atoms with Crippen LogP contribution in [0.3, 0.4) is 0 Å². The van der Waals surface area contributed by atoms with Gasteiger partial charge in [0, 0.05) is 5.92 Å². The Balaban J connectivity index is 5.59. The van der Waals surface area contributed by atoms with E-state index in [1.165, 1.54) is 5.57 Å². The molecule has 0 aromatic heterocycles. The van der Waals surface area contributed by atoms with Crippen LogP contribution >= 0.6 is 0 Å². The third kappa shape index (κ3) is 3.77. The van der Waals surface area contributed by atoms with E-state index < -0.39 is 0 Å². The third-order valence-corrected chi connectivity index (χ3v) is 2.92. The average Bonchev–Trinajstić information content (AvgIpc) is 2.10. The Morgan fingerprint density at radius 2 is 1.00 bits per heavy atom. The molecule has 0 radical (unpaired) electrons. The molecule has 1 heteroatoms. The molecule has 0 aliphatic rings. The first-order chi connectivity index (χ1) is 7.20. The van der Waals surface area contributed by atoms with Crippen LogP contribution in [0.4, 0.5) is 0 Å². The van der Waals surface area contributed by atoms with Gasteiger partial charge in [-0.05, 0) is 23.3 Å². The Morgan fingerprint density at radius 1 is 0.625 bits per heavy atom. The summed E-state index contributed by atoms with van der Waals surface area (Å²) in [6.45, 7) is 17.0. The normalized spacial score (nSPS) is 11.8. The summed E-state index contributed by atoms with van der Waals surface area (Å²) in [6, 6.07) is 0. The number of hydrogen-bond acceptors (Lipinski definition) is 1. The van der Waals surface area contributed by atoms with Crippen LogP contribution in [0.2, 0.25) is 0 Å². The maximum atomic E-state index is 12.3. The molecule has 0 atom stereocenters. The molecule has 0 rings (SSSR count). The summed E-state index contributed by atoms with van der Waals surface area (Å²) in [5, 5.41) is 0. The second-order valence-electron chi connectivity index (χ2n) is 5.85. The lowest BCUT2D eigenvalue weighted by molar-refractivity contribution is -0.118. The first-order valence-corrected chi connectivity index (χ1v) is 6.48. The topological polar surface area (TPSA) is 17.1 Å². The van der Waals surface area contributed by atoms with E-state index in [4.69, 9.17) is 0 Å². The highest BCUT2D eigenvalue weighted by atomic mass is 16.1. The van der Waals surface area contributed by atoms with Gasteiger partial charge < -0.3 is 0 Å². The Kier molecular flexibility index (Phi) is 5.99. The van der Waals surface area contributed by atoms with Gasteiger partial charge in [-0.3, -0.25) is 4.79 Å². The Bertz CT molecular complexity index is 257. The Morgan fingerprint density at radius 3 is 1.19 bits per heavy atom. The molecule has 0 spiro atoms. The van der Waals surface area contributed by atoms with Crippen LogP contribution in [0, 0.1) is 23.7 Å². The van der Waals surface area contributed by atoms with Gasteiger partial charge in [-0.15, -0.1) is 0 Å². The van der Waals surface area contributed by atoms with Crippen molar-refractivity contribution >= 4 is 5.78 Å². The summed E-state index contributed by atoms with van der Waals surface area (Å²) in [6.07, 6.45) is 0. The van der Waals surface area contributed by atoms with E-state index in [-0.39, 0.29) is 5.92 Å². The molecule has 0 bridgehead atoms. The van der Waals surface area contributed by atoms with Crippen LogP contribution in [0.5, 0.6) is 0 Å². The predicted octanol–water partition coefficient (Wildman–Crippen LogP) is 4.48.